The van der Waals surface area contributed by atoms with E-state index >= 15 is 0 Å². The van der Waals surface area contributed by atoms with Crippen molar-refractivity contribution in [3.8, 4) is 0 Å². The molecule has 2 atom stereocenters. The molecule has 1 aliphatic rings. The third-order valence-corrected chi connectivity index (χ3v) is 3.34. The minimum absolute atomic E-state index is 0.149. The van der Waals surface area contributed by atoms with Gasteiger partial charge in [0.1, 0.15) is 0 Å². The van der Waals surface area contributed by atoms with Gasteiger partial charge >= 0.3 is 0 Å². The van der Waals surface area contributed by atoms with Crippen molar-refractivity contribution in [2.24, 2.45) is 0 Å². The molecule has 1 aliphatic carbocycles. The second-order valence-electron chi connectivity index (χ2n) is 5.32. The molecule has 0 aromatic rings. The van der Waals surface area contributed by atoms with Gasteiger partial charge in [-0.15, -0.1) is 0 Å². The third-order valence-electron chi connectivity index (χ3n) is 3.34. The number of ether oxygens (including phenoxy) is 2. The molecule has 0 heterocycles. The highest BCUT2D eigenvalue weighted by molar-refractivity contribution is 4.94. The van der Waals surface area contributed by atoms with Gasteiger partial charge in [0.05, 0.1) is 25.9 Å². The van der Waals surface area contributed by atoms with Gasteiger partial charge in [-0.05, 0) is 25.7 Å². The highest BCUT2D eigenvalue weighted by Crippen LogP contribution is 2.30. The van der Waals surface area contributed by atoms with Crippen LogP contribution in [-0.2, 0) is 9.47 Å². The summed E-state index contributed by atoms with van der Waals surface area (Å²) in [5.41, 5.74) is -0.149. The minimum atomic E-state index is -0.149. The molecule has 0 bridgehead atoms. The number of aliphatic hydroxyl groups is 1. The summed E-state index contributed by atoms with van der Waals surface area (Å²) in [7, 11) is 1.68. The van der Waals surface area contributed by atoms with Crippen LogP contribution >= 0.6 is 0 Å². The lowest BCUT2D eigenvalue weighted by atomic mass is 9.80. The fourth-order valence-electron chi connectivity index (χ4n) is 2.68. The highest BCUT2D eigenvalue weighted by atomic mass is 16.5. The van der Waals surface area contributed by atoms with Gasteiger partial charge in [0.2, 0.25) is 0 Å². The summed E-state index contributed by atoms with van der Waals surface area (Å²) in [6.07, 6.45) is 4.37. The molecule has 2 unspecified atom stereocenters. The Kier molecular flexibility index (Phi) is 6.41. The normalized spacial score (nSPS) is 29.8. The molecule has 0 radical (unpaired) electrons. The van der Waals surface area contributed by atoms with E-state index in [4.69, 9.17) is 9.47 Å². The Balaban J connectivity index is 2.44. The van der Waals surface area contributed by atoms with E-state index < -0.39 is 0 Å². The smallest absolute Gasteiger partial charge is 0.0704 e. The predicted octanol–water partition coefficient (Wildman–Crippen LogP) is 1.32. The Hall–Kier alpha value is -0.160. The second kappa shape index (κ2) is 7.31. The van der Waals surface area contributed by atoms with Gasteiger partial charge < -0.3 is 19.9 Å². The number of hydrogen-bond acceptors (Lipinski definition) is 4. The number of hydrogen-bond donors (Lipinski definition) is 2. The topological polar surface area (TPSA) is 50.7 Å². The van der Waals surface area contributed by atoms with E-state index in [2.05, 4.69) is 19.2 Å². The molecular formula is C13H27NO3. The zero-order chi connectivity index (χ0) is 12.7. The lowest BCUT2D eigenvalue weighted by Crippen LogP contribution is -2.55. The van der Waals surface area contributed by atoms with E-state index in [1.54, 1.807) is 7.11 Å². The second-order valence-corrected chi connectivity index (χ2v) is 5.32. The SMILES string of the molecule is COCCOC1CCCC(CO)(NC(C)C)C1. The van der Waals surface area contributed by atoms with E-state index in [0.29, 0.717) is 19.3 Å². The van der Waals surface area contributed by atoms with Gasteiger partial charge in [-0.1, -0.05) is 13.8 Å². The summed E-state index contributed by atoms with van der Waals surface area (Å²) < 4.78 is 10.8. The first-order chi connectivity index (χ1) is 8.12. The molecule has 0 saturated heterocycles. The lowest BCUT2D eigenvalue weighted by Gasteiger charge is -2.41. The van der Waals surface area contributed by atoms with Crippen LogP contribution in [0.15, 0.2) is 0 Å². The summed E-state index contributed by atoms with van der Waals surface area (Å²) in [5.74, 6) is 0. The van der Waals surface area contributed by atoms with Crippen molar-refractivity contribution in [2.45, 2.75) is 57.2 Å². The maximum absolute atomic E-state index is 9.64. The molecule has 1 rings (SSSR count). The van der Waals surface area contributed by atoms with Crippen molar-refractivity contribution >= 4 is 0 Å². The van der Waals surface area contributed by atoms with Crippen molar-refractivity contribution in [1.29, 1.82) is 0 Å². The largest absolute Gasteiger partial charge is 0.394 e. The number of methoxy groups -OCH3 is 1. The molecule has 0 aromatic heterocycles. The summed E-state index contributed by atoms with van der Waals surface area (Å²) in [6.45, 7) is 5.71. The Labute approximate surface area is 105 Å². The van der Waals surface area contributed by atoms with E-state index in [-0.39, 0.29) is 18.2 Å². The van der Waals surface area contributed by atoms with Crippen LogP contribution in [0.1, 0.15) is 39.5 Å². The van der Waals surface area contributed by atoms with Crippen LogP contribution in [0, 0.1) is 0 Å². The van der Waals surface area contributed by atoms with Gasteiger partial charge in [0.15, 0.2) is 0 Å². The molecule has 4 heteroatoms. The molecule has 0 aliphatic heterocycles. The maximum atomic E-state index is 9.64. The lowest BCUT2D eigenvalue weighted by molar-refractivity contribution is -0.0337. The highest BCUT2D eigenvalue weighted by Gasteiger charge is 2.36. The van der Waals surface area contributed by atoms with E-state index in [1.807, 2.05) is 0 Å². The third kappa shape index (κ3) is 4.92. The molecular weight excluding hydrogens is 218 g/mol. The average molecular weight is 245 g/mol. The van der Waals surface area contributed by atoms with Crippen LogP contribution in [0.2, 0.25) is 0 Å². The summed E-state index contributed by atoms with van der Waals surface area (Å²) in [5, 5.41) is 13.1. The molecule has 102 valence electrons. The quantitative estimate of drug-likeness (QED) is 0.664. The zero-order valence-corrected chi connectivity index (χ0v) is 11.4. The first-order valence-corrected chi connectivity index (χ1v) is 6.61. The van der Waals surface area contributed by atoms with Gasteiger partial charge in [-0.2, -0.15) is 0 Å². The van der Waals surface area contributed by atoms with Gasteiger partial charge in [-0.25, -0.2) is 0 Å². The van der Waals surface area contributed by atoms with Crippen molar-refractivity contribution in [2.75, 3.05) is 26.9 Å². The van der Waals surface area contributed by atoms with Gasteiger partial charge in [-0.3, -0.25) is 0 Å². The molecule has 0 amide bonds. The molecule has 0 aromatic carbocycles. The van der Waals surface area contributed by atoms with Crippen LogP contribution in [0.5, 0.6) is 0 Å². The van der Waals surface area contributed by atoms with Crippen LogP contribution in [-0.4, -0.2) is 49.7 Å². The molecule has 4 nitrogen and oxygen atoms in total. The van der Waals surface area contributed by atoms with Crippen LogP contribution in [0.25, 0.3) is 0 Å². The number of rotatable bonds is 7. The molecule has 0 spiro atoms. The molecule has 1 saturated carbocycles. The van der Waals surface area contributed by atoms with E-state index in [0.717, 1.165) is 25.7 Å². The summed E-state index contributed by atoms with van der Waals surface area (Å²) >= 11 is 0. The summed E-state index contributed by atoms with van der Waals surface area (Å²) in [4.78, 5) is 0. The molecule has 2 N–H and O–H groups in total. The standard InChI is InChI=1S/C13H27NO3/c1-11(2)14-13(10-15)6-4-5-12(9-13)17-8-7-16-3/h11-12,14-15H,4-10H2,1-3H3. The fraction of sp³-hybridized carbons (Fsp3) is 1.00. The Morgan fingerprint density at radius 3 is 2.76 bits per heavy atom. The summed E-state index contributed by atoms with van der Waals surface area (Å²) in [6, 6.07) is 0.389. The van der Waals surface area contributed by atoms with Crippen LogP contribution in [0.4, 0.5) is 0 Å². The Bertz CT molecular complexity index is 211. The van der Waals surface area contributed by atoms with Crippen molar-refractivity contribution in [1.82, 2.24) is 5.32 Å². The minimum Gasteiger partial charge on any atom is -0.394 e. The van der Waals surface area contributed by atoms with Crippen LogP contribution in [0.3, 0.4) is 0 Å². The number of nitrogens with one attached hydrogen (secondary N) is 1. The first-order valence-electron chi connectivity index (χ1n) is 6.61. The Morgan fingerprint density at radius 2 is 2.18 bits per heavy atom. The first kappa shape index (κ1) is 14.9. The Morgan fingerprint density at radius 1 is 1.41 bits per heavy atom. The fourth-order valence-corrected chi connectivity index (χ4v) is 2.68. The van der Waals surface area contributed by atoms with E-state index in [1.165, 1.54) is 0 Å². The molecule has 17 heavy (non-hydrogen) atoms. The van der Waals surface area contributed by atoms with E-state index in [9.17, 15) is 5.11 Å². The monoisotopic (exact) mass is 245 g/mol. The maximum Gasteiger partial charge on any atom is 0.0704 e. The van der Waals surface area contributed by atoms with Crippen molar-refractivity contribution in [3.63, 3.8) is 0 Å². The van der Waals surface area contributed by atoms with Gasteiger partial charge in [0.25, 0.3) is 0 Å². The molecule has 1 fully saturated rings. The van der Waals surface area contributed by atoms with Crippen LogP contribution < -0.4 is 5.32 Å². The van der Waals surface area contributed by atoms with Gasteiger partial charge in [0, 0.05) is 18.7 Å². The zero-order valence-electron chi connectivity index (χ0n) is 11.4. The average Bonchev–Trinajstić information content (AvgIpc) is 2.29. The predicted molar refractivity (Wildman–Crippen MR) is 68.2 cm³/mol. The van der Waals surface area contributed by atoms with Crippen molar-refractivity contribution < 1.29 is 14.6 Å². The van der Waals surface area contributed by atoms with Crippen molar-refractivity contribution in [3.05, 3.63) is 0 Å². The number of aliphatic hydroxyl groups excluding tert-OH is 1.